The average molecular weight is 341 g/mol. The van der Waals surface area contributed by atoms with Gasteiger partial charge in [-0.25, -0.2) is 0 Å². The second-order valence-electron chi connectivity index (χ2n) is 5.88. The molecule has 0 bridgehead atoms. The summed E-state index contributed by atoms with van der Waals surface area (Å²) < 4.78 is 38.4. The molecular weight excluding hydrogens is 323 g/mol. The molecule has 23 heavy (non-hydrogen) atoms. The molecule has 1 N–H and O–H groups in total. The van der Waals surface area contributed by atoms with Crippen LogP contribution in [0.2, 0.25) is 0 Å². The first kappa shape index (κ1) is 16.5. The lowest BCUT2D eigenvalue weighted by Gasteiger charge is -2.25. The Bertz CT molecular complexity index is 638. The van der Waals surface area contributed by atoms with E-state index in [2.05, 4.69) is 4.90 Å². The lowest BCUT2D eigenvalue weighted by molar-refractivity contribution is -0.137. The molecule has 6 heteroatoms. The molecule has 1 aliphatic carbocycles. The summed E-state index contributed by atoms with van der Waals surface area (Å²) in [5, 5.41) is 12.4. The molecule has 3 rings (SSSR count). The number of hydrogen-bond acceptors (Lipinski definition) is 3. The van der Waals surface area contributed by atoms with Gasteiger partial charge in [-0.15, -0.1) is 11.3 Å². The molecule has 2 nitrogen and oxygen atoms in total. The first-order valence-corrected chi connectivity index (χ1v) is 8.43. The Hall–Kier alpha value is -1.37. The van der Waals surface area contributed by atoms with E-state index in [9.17, 15) is 18.3 Å². The molecule has 2 aromatic rings. The number of benzene rings is 1. The van der Waals surface area contributed by atoms with Gasteiger partial charge in [-0.3, -0.25) is 4.90 Å². The normalized spacial score (nSPS) is 16.7. The topological polar surface area (TPSA) is 23.5 Å². The maximum atomic E-state index is 12.8. The summed E-state index contributed by atoms with van der Waals surface area (Å²) in [5.74, 6) is 0. The molecule has 124 valence electrons. The number of rotatable bonds is 6. The van der Waals surface area contributed by atoms with Crippen molar-refractivity contribution in [1.29, 1.82) is 0 Å². The highest BCUT2D eigenvalue weighted by atomic mass is 32.1. The Kier molecular flexibility index (Phi) is 4.75. The molecule has 0 radical (unpaired) electrons. The van der Waals surface area contributed by atoms with Gasteiger partial charge in [-0.2, -0.15) is 13.2 Å². The molecule has 0 saturated heterocycles. The maximum Gasteiger partial charge on any atom is 0.416 e. The van der Waals surface area contributed by atoms with Crippen molar-refractivity contribution in [3.63, 3.8) is 0 Å². The van der Waals surface area contributed by atoms with Crippen molar-refractivity contribution in [2.45, 2.75) is 37.7 Å². The number of alkyl halides is 3. The summed E-state index contributed by atoms with van der Waals surface area (Å²) in [4.78, 5) is 3.37. The second-order valence-corrected chi connectivity index (χ2v) is 6.91. The van der Waals surface area contributed by atoms with E-state index in [0.29, 0.717) is 18.2 Å². The van der Waals surface area contributed by atoms with Crippen LogP contribution in [0.4, 0.5) is 13.2 Å². The van der Waals surface area contributed by atoms with E-state index in [4.69, 9.17) is 0 Å². The molecule has 0 unspecified atom stereocenters. The van der Waals surface area contributed by atoms with Crippen molar-refractivity contribution in [2.24, 2.45) is 0 Å². The van der Waals surface area contributed by atoms with Gasteiger partial charge in [-0.05, 0) is 42.0 Å². The van der Waals surface area contributed by atoms with Crippen LogP contribution < -0.4 is 0 Å². The highest BCUT2D eigenvalue weighted by Gasteiger charge is 2.33. The molecule has 1 atom stereocenters. The zero-order chi connectivity index (χ0) is 16.4. The molecular formula is C17H18F3NOS. The van der Waals surface area contributed by atoms with Crippen LogP contribution in [0, 0.1) is 0 Å². The van der Waals surface area contributed by atoms with Crippen molar-refractivity contribution in [1.82, 2.24) is 4.90 Å². The first-order valence-electron chi connectivity index (χ1n) is 7.55. The minimum absolute atomic E-state index is 0.316. The van der Waals surface area contributed by atoms with Gasteiger partial charge in [0, 0.05) is 24.0 Å². The molecule has 1 saturated carbocycles. The quantitative estimate of drug-likeness (QED) is 0.838. The smallest absolute Gasteiger partial charge is 0.387 e. The maximum absolute atomic E-state index is 12.8. The number of aliphatic hydroxyl groups excluding tert-OH is 1. The second kappa shape index (κ2) is 6.63. The van der Waals surface area contributed by atoms with Gasteiger partial charge in [0.1, 0.15) is 0 Å². The van der Waals surface area contributed by atoms with Gasteiger partial charge in [-0.1, -0.05) is 18.2 Å². The standard InChI is InChI=1S/C17H18F3NOS/c18-17(19,20)13-4-1-3-12(9-13)16(22)11-21(14-6-7-14)10-15-5-2-8-23-15/h1-5,8-9,14,16,22H,6-7,10-11H2/t16-/m0/s1. The summed E-state index contributed by atoms with van der Waals surface area (Å²) in [7, 11) is 0. The minimum Gasteiger partial charge on any atom is -0.387 e. The number of aliphatic hydroxyl groups is 1. The number of hydrogen-bond donors (Lipinski definition) is 1. The Morgan fingerprint density at radius 1 is 1.22 bits per heavy atom. The fourth-order valence-electron chi connectivity index (χ4n) is 2.63. The van der Waals surface area contributed by atoms with E-state index in [1.165, 1.54) is 10.9 Å². The van der Waals surface area contributed by atoms with Crippen LogP contribution >= 0.6 is 11.3 Å². The Morgan fingerprint density at radius 2 is 2.00 bits per heavy atom. The van der Waals surface area contributed by atoms with Crippen LogP contribution in [0.1, 0.15) is 34.9 Å². The molecule has 1 aromatic heterocycles. The Labute approximate surface area is 137 Å². The molecule has 1 heterocycles. The van der Waals surface area contributed by atoms with Crippen molar-refractivity contribution >= 4 is 11.3 Å². The Balaban J connectivity index is 1.70. The van der Waals surface area contributed by atoms with Crippen LogP contribution in [0.15, 0.2) is 41.8 Å². The third-order valence-corrected chi connectivity index (χ3v) is 4.87. The van der Waals surface area contributed by atoms with Gasteiger partial charge < -0.3 is 5.11 Å². The van der Waals surface area contributed by atoms with Gasteiger partial charge >= 0.3 is 6.18 Å². The fraction of sp³-hybridized carbons (Fsp3) is 0.412. The predicted molar refractivity (Wildman–Crippen MR) is 84.2 cm³/mol. The lowest BCUT2D eigenvalue weighted by Crippen LogP contribution is -2.30. The van der Waals surface area contributed by atoms with E-state index >= 15 is 0 Å². The monoisotopic (exact) mass is 341 g/mol. The van der Waals surface area contributed by atoms with Crippen molar-refractivity contribution < 1.29 is 18.3 Å². The molecule has 1 fully saturated rings. The van der Waals surface area contributed by atoms with E-state index < -0.39 is 17.8 Å². The molecule has 0 amide bonds. The van der Waals surface area contributed by atoms with E-state index in [1.54, 1.807) is 17.4 Å². The molecule has 1 aliphatic rings. The fourth-order valence-corrected chi connectivity index (χ4v) is 3.36. The van der Waals surface area contributed by atoms with Crippen LogP contribution in [0.3, 0.4) is 0 Å². The number of halogens is 3. The zero-order valence-electron chi connectivity index (χ0n) is 12.5. The van der Waals surface area contributed by atoms with Gasteiger partial charge in [0.15, 0.2) is 0 Å². The van der Waals surface area contributed by atoms with Gasteiger partial charge in [0.2, 0.25) is 0 Å². The minimum atomic E-state index is -4.39. The molecule has 1 aromatic carbocycles. The van der Waals surface area contributed by atoms with Crippen molar-refractivity contribution in [3.05, 3.63) is 57.8 Å². The van der Waals surface area contributed by atoms with Gasteiger partial charge in [0.25, 0.3) is 0 Å². The predicted octanol–water partition coefficient (Wildman–Crippen LogP) is 4.46. The third kappa shape index (κ3) is 4.34. The van der Waals surface area contributed by atoms with Crippen LogP contribution in [-0.4, -0.2) is 22.6 Å². The van der Waals surface area contributed by atoms with E-state index in [-0.39, 0.29) is 0 Å². The lowest BCUT2D eigenvalue weighted by atomic mass is 10.1. The molecule has 0 spiro atoms. The van der Waals surface area contributed by atoms with Crippen molar-refractivity contribution in [3.8, 4) is 0 Å². The van der Waals surface area contributed by atoms with E-state index in [1.807, 2.05) is 17.5 Å². The first-order chi connectivity index (χ1) is 10.9. The summed E-state index contributed by atoms with van der Waals surface area (Å²) in [5.41, 5.74) is -0.401. The number of thiophene rings is 1. The largest absolute Gasteiger partial charge is 0.416 e. The zero-order valence-corrected chi connectivity index (χ0v) is 13.3. The summed E-state index contributed by atoms with van der Waals surface area (Å²) in [6, 6.07) is 9.42. The summed E-state index contributed by atoms with van der Waals surface area (Å²) >= 11 is 1.65. The number of nitrogens with zero attached hydrogens (tertiary/aromatic N) is 1. The van der Waals surface area contributed by atoms with Crippen LogP contribution in [-0.2, 0) is 12.7 Å². The van der Waals surface area contributed by atoms with Crippen LogP contribution in [0.5, 0.6) is 0 Å². The van der Waals surface area contributed by atoms with Crippen LogP contribution in [0.25, 0.3) is 0 Å². The van der Waals surface area contributed by atoms with E-state index in [0.717, 1.165) is 31.5 Å². The Morgan fingerprint density at radius 3 is 2.61 bits per heavy atom. The SMILES string of the molecule is O[C@@H](CN(Cc1cccs1)C1CC1)c1cccc(C(F)(F)F)c1. The van der Waals surface area contributed by atoms with Gasteiger partial charge in [0.05, 0.1) is 11.7 Å². The summed E-state index contributed by atoms with van der Waals surface area (Å²) in [6.45, 7) is 1.09. The average Bonchev–Trinajstić information content (AvgIpc) is 3.24. The summed E-state index contributed by atoms with van der Waals surface area (Å²) in [6.07, 6.45) is -3.14. The highest BCUT2D eigenvalue weighted by molar-refractivity contribution is 7.09. The third-order valence-electron chi connectivity index (χ3n) is 4.01. The van der Waals surface area contributed by atoms with Crippen molar-refractivity contribution in [2.75, 3.05) is 6.54 Å². The molecule has 0 aliphatic heterocycles. The highest BCUT2D eigenvalue weighted by Crippen LogP contribution is 2.33.